The van der Waals surface area contributed by atoms with Crippen molar-refractivity contribution in [3.05, 3.63) is 47.3 Å². The lowest BCUT2D eigenvalue weighted by atomic mass is 10.2. The predicted molar refractivity (Wildman–Crippen MR) is 105 cm³/mol. The lowest BCUT2D eigenvalue weighted by molar-refractivity contribution is 0.555. The number of nitrogens with zero attached hydrogens (tertiary/aromatic N) is 4. The summed E-state index contributed by atoms with van der Waals surface area (Å²) in [5.74, 6) is 0.824. The van der Waals surface area contributed by atoms with Gasteiger partial charge in [0.2, 0.25) is 0 Å². The van der Waals surface area contributed by atoms with Crippen molar-refractivity contribution in [2.45, 2.75) is 33.4 Å². The van der Waals surface area contributed by atoms with Crippen LogP contribution >= 0.6 is 0 Å². The summed E-state index contributed by atoms with van der Waals surface area (Å²) in [4.78, 5) is 6.38. The van der Waals surface area contributed by atoms with Gasteiger partial charge in [0, 0.05) is 52.2 Å². The zero-order chi connectivity index (χ0) is 18.2. The molecule has 0 radical (unpaired) electrons. The Morgan fingerprint density at radius 2 is 1.88 bits per heavy atom. The van der Waals surface area contributed by atoms with Gasteiger partial charge in [-0.05, 0) is 44.0 Å². The topological polar surface area (TPSA) is 57.5 Å². The number of anilines is 1. The van der Waals surface area contributed by atoms with Crippen molar-refractivity contribution >= 4 is 11.6 Å². The Morgan fingerprint density at radius 3 is 2.44 bits per heavy atom. The summed E-state index contributed by atoms with van der Waals surface area (Å²) < 4.78 is 2.06. The van der Waals surface area contributed by atoms with Crippen LogP contribution < -0.4 is 15.5 Å². The second-order valence-corrected chi connectivity index (χ2v) is 6.42. The second-order valence-electron chi connectivity index (χ2n) is 6.42. The normalized spacial score (nSPS) is 11.5. The van der Waals surface area contributed by atoms with Crippen LogP contribution in [0.4, 0.5) is 5.69 Å². The summed E-state index contributed by atoms with van der Waals surface area (Å²) in [5.41, 5.74) is 4.72. The molecule has 0 fully saturated rings. The molecular formula is C19H30N6. The summed E-state index contributed by atoms with van der Waals surface area (Å²) in [6, 6.07) is 10.6. The molecule has 6 nitrogen and oxygen atoms in total. The third kappa shape index (κ3) is 5.81. The maximum Gasteiger partial charge on any atom is 0.191 e. The molecule has 0 aliphatic rings. The zero-order valence-electron chi connectivity index (χ0n) is 16.0. The first-order chi connectivity index (χ1) is 12.0. The molecule has 0 amide bonds. The summed E-state index contributed by atoms with van der Waals surface area (Å²) in [6.07, 6.45) is 1.00. The van der Waals surface area contributed by atoms with Gasteiger partial charge in [-0.3, -0.25) is 9.67 Å². The number of aliphatic imine (C=N–C) groups is 1. The highest BCUT2D eigenvalue weighted by atomic mass is 15.3. The van der Waals surface area contributed by atoms with Gasteiger partial charge < -0.3 is 15.5 Å². The van der Waals surface area contributed by atoms with Crippen molar-refractivity contribution in [1.82, 2.24) is 20.4 Å². The van der Waals surface area contributed by atoms with Crippen LogP contribution in [0, 0.1) is 13.8 Å². The summed E-state index contributed by atoms with van der Waals surface area (Å²) in [5, 5.41) is 11.2. The van der Waals surface area contributed by atoms with Gasteiger partial charge >= 0.3 is 0 Å². The standard InChI is InChI=1S/C19H30N6/c1-15-13-16(2)25(23-15)12-6-11-21-19(20-3)22-14-17-7-9-18(10-8-17)24(4)5/h7-10,13H,6,11-12,14H2,1-5H3,(H2,20,21,22). The molecule has 2 N–H and O–H groups in total. The van der Waals surface area contributed by atoms with Gasteiger partial charge in [-0.25, -0.2) is 0 Å². The first kappa shape index (κ1) is 18.8. The highest BCUT2D eigenvalue weighted by molar-refractivity contribution is 5.79. The van der Waals surface area contributed by atoms with E-state index in [-0.39, 0.29) is 0 Å². The molecule has 1 heterocycles. The van der Waals surface area contributed by atoms with Gasteiger partial charge in [-0.1, -0.05) is 12.1 Å². The average Bonchev–Trinajstić information content (AvgIpc) is 2.92. The van der Waals surface area contributed by atoms with Gasteiger partial charge in [-0.15, -0.1) is 0 Å². The monoisotopic (exact) mass is 342 g/mol. The van der Waals surface area contributed by atoms with Crippen LogP contribution in [0.5, 0.6) is 0 Å². The molecule has 25 heavy (non-hydrogen) atoms. The molecule has 136 valence electrons. The number of aromatic nitrogens is 2. The van der Waals surface area contributed by atoms with E-state index in [1.54, 1.807) is 7.05 Å². The van der Waals surface area contributed by atoms with Crippen molar-refractivity contribution in [3.63, 3.8) is 0 Å². The third-order valence-electron chi connectivity index (χ3n) is 4.08. The molecule has 0 spiro atoms. The van der Waals surface area contributed by atoms with Crippen molar-refractivity contribution in [2.24, 2.45) is 4.99 Å². The van der Waals surface area contributed by atoms with Gasteiger partial charge in [0.15, 0.2) is 5.96 Å². The van der Waals surface area contributed by atoms with Crippen LogP contribution in [0.1, 0.15) is 23.4 Å². The molecule has 0 aliphatic heterocycles. The Bertz CT molecular complexity index is 684. The Balaban J connectivity index is 1.72. The Morgan fingerprint density at radius 1 is 1.16 bits per heavy atom. The van der Waals surface area contributed by atoms with Crippen molar-refractivity contribution in [1.29, 1.82) is 0 Å². The molecule has 2 rings (SSSR count). The van der Waals surface area contributed by atoms with Crippen LogP contribution in [0.15, 0.2) is 35.3 Å². The quantitative estimate of drug-likeness (QED) is 0.461. The maximum absolute atomic E-state index is 4.48. The Labute approximate surface area is 151 Å². The van der Waals surface area contributed by atoms with Gasteiger partial charge in [0.25, 0.3) is 0 Å². The number of guanidine groups is 1. The van der Waals surface area contributed by atoms with E-state index in [4.69, 9.17) is 0 Å². The molecule has 1 aromatic heterocycles. The van der Waals surface area contributed by atoms with Crippen LogP contribution in [0.2, 0.25) is 0 Å². The lowest BCUT2D eigenvalue weighted by Crippen LogP contribution is -2.37. The molecule has 0 bridgehead atoms. The van der Waals surface area contributed by atoms with E-state index in [0.29, 0.717) is 0 Å². The average molecular weight is 342 g/mol. The first-order valence-corrected chi connectivity index (χ1v) is 8.71. The molecule has 2 aromatic rings. The van der Waals surface area contributed by atoms with E-state index < -0.39 is 0 Å². The maximum atomic E-state index is 4.48. The van der Waals surface area contributed by atoms with Gasteiger partial charge in [0.05, 0.1) is 5.69 Å². The number of nitrogens with one attached hydrogen (secondary N) is 2. The molecule has 6 heteroatoms. The molecule has 0 saturated carbocycles. The number of rotatable bonds is 7. The smallest absolute Gasteiger partial charge is 0.191 e. The molecule has 0 saturated heterocycles. The van der Waals surface area contributed by atoms with E-state index in [2.05, 4.69) is 67.6 Å². The SMILES string of the molecule is CN=C(NCCCn1nc(C)cc1C)NCc1ccc(N(C)C)cc1. The van der Waals surface area contributed by atoms with Crippen LogP contribution in [0.25, 0.3) is 0 Å². The fraction of sp³-hybridized carbons (Fsp3) is 0.474. The minimum atomic E-state index is 0.755. The van der Waals surface area contributed by atoms with Crippen LogP contribution in [-0.4, -0.2) is 43.4 Å². The molecule has 0 unspecified atom stereocenters. The van der Waals surface area contributed by atoms with Crippen LogP contribution in [-0.2, 0) is 13.1 Å². The largest absolute Gasteiger partial charge is 0.378 e. The minimum absolute atomic E-state index is 0.755. The third-order valence-corrected chi connectivity index (χ3v) is 4.08. The van der Waals surface area contributed by atoms with Gasteiger partial charge in [-0.2, -0.15) is 5.10 Å². The number of hydrogen-bond acceptors (Lipinski definition) is 3. The Kier molecular flexibility index (Phi) is 6.86. The minimum Gasteiger partial charge on any atom is -0.378 e. The van der Waals surface area contributed by atoms with E-state index in [9.17, 15) is 0 Å². The highest BCUT2D eigenvalue weighted by Gasteiger charge is 2.02. The van der Waals surface area contributed by atoms with E-state index in [1.807, 2.05) is 21.0 Å². The fourth-order valence-corrected chi connectivity index (χ4v) is 2.66. The number of aryl methyl sites for hydroxylation is 3. The molecule has 1 aromatic carbocycles. The van der Waals surface area contributed by atoms with E-state index in [1.165, 1.54) is 16.9 Å². The predicted octanol–water partition coefficient (Wildman–Crippen LogP) is 2.32. The lowest BCUT2D eigenvalue weighted by Gasteiger charge is -2.14. The first-order valence-electron chi connectivity index (χ1n) is 8.71. The number of hydrogen-bond donors (Lipinski definition) is 2. The summed E-state index contributed by atoms with van der Waals surface area (Å²) in [7, 11) is 5.89. The zero-order valence-corrected chi connectivity index (χ0v) is 16.0. The summed E-state index contributed by atoms with van der Waals surface area (Å²) >= 11 is 0. The second kappa shape index (κ2) is 9.11. The van der Waals surface area contributed by atoms with E-state index >= 15 is 0 Å². The Hall–Kier alpha value is -2.50. The summed E-state index contributed by atoms with van der Waals surface area (Å²) in [6.45, 7) is 6.65. The molecular weight excluding hydrogens is 312 g/mol. The highest BCUT2D eigenvalue weighted by Crippen LogP contribution is 2.11. The molecule has 0 atom stereocenters. The van der Waals surface area contributed by atoms with E-state index in [0.717, 1.165) is 37.7 Å². The number of benzene rings is 1. The van der Waals surface area contributed by atoms with Crippen molar-refractivity contribution in [3.8, 4) is 0 Å². The van der Waals surface area contributed by atoms with Crippen molar-refractivity contribution < 1.29 is 0 Å². The van der Waals surface area contributed by atoms with Gasteiger partial charge in [0.1, 0.15) is 0 Å². The van der Waals surface area contributed by atoms with Crippen LogP contribution in [0.3, 0.4) is 0 Å². The molecule has 0 aliphatic carbocycles. The van der Waals surface area contributed by atoms with Crippen molar-refractivity contribution in [2.75, 3.05) is 32.6 Å². The fourth-order valence-electron chi connectivity index (χ4n) is 2.66.